The number of carbonyl (C=O) groups is 1. The van der Waals surface area contributed by atoms with Gasteiger partial charge in [-0.05, 0) is 37.1 Å². The van der Waals surface area contributed by atoms with E-state index in [2.05, 4.69) is 0 Å². The fourth-order valence-electron chi connectivity index (χ4n) is 2.43. The minimum absolute atomic E-state index is 0.267. The van der Waals surface area contributed by atoms with Crippen LogP contribution in [0, 0.1) is 0 Å². The van der Waals surface area contributed by atoms with Gasteiger partial charge in [0.15, 0.2) is 0 Å². The van der Waals surface area contributed by atoms with E-state index in [0.717, 1.165) is 15.3 Å². The maximum Gasteiger partial charge on any atom is 0.398 e. The van der Waals surface area contributed by atoms with E-state index in [-0.39, 0.29) is 11.7 Å². The van der Waals surface area contributed by atoms with Gasteiger partial charge in [0.1, 0.15) is 5.56 Å². The molecule has 1 aromatic heterocycles. The molecule has 0 radical (unpaired) electrons. The number of hydrogen-bond donors (Lipinski definition) is 1. The van der Waals surface area contributed by atoms with Crippen molar-refractivity contribution >= 4 is 17.7 Å². The molecule has 2 aromatic rings. The first-order chi connectivity index (χ1) is 12.2. The minimum atomic E-state index is -4.30. The smallest absolute Gasteiger partial charge is 0.398 e. The minimum Gasteiger partial charge on any atom is -0.477 e. The first-order valence-electron chi connectivity index (χ1n) is 7.59. The Morgan fingerprint density at radius 2 is 1.81 bits per heavy atom. The van der Waals surface area contributed by atoms with Crippen molar-refractivity contribution in [3.05, 3.63) is 56.9 Å². The van der Waals surface area contributed by atoms with E-state index in [1.54, 1.807) is 0 Å². The highest BCUT2D eigenvalue weighted by molar-refractivity contribution is 7.99. The molecule has 0 amide bonds. The summed E-state index contributed by atoms with van der Waals surface area (Å²) in [6, 6.07) is 5.32. The van der Waals surface area contributed by atoms with Gasteiger partial charge in [0.2, 0.25) is 0 Å². The van der Waals surface area contributed by atoms with Crippen molar-refractivity contribution in [1.29, 1.82) is 0 Å². The van der Waals surface area contributed by atoms with Crippen molar-refractivity contribution < 1.29 is 23.1 Å². The average molecular weight is 386 g/mol. The van der Waals surface area contributed by atoms with Crippen LogP contribution in [0.15, 0.2) is 44.9 Å². The lowest BCUT2D eigenvalue weighted by atomic mass is 10.3. The first kappa shape index (κ1) is 18.3. The Hall–Kier alpha value is -2.49. The van der Waals surface area contributed by atoms with Crippen molar-refractivity contribution in [2.45, 2.75) is 30.0 Å². The molecule has 1 aliphatic rings. The van der Waals surface area contributed by atoms with E-state index < -0.39 is 34.7 Å². The molecule has 1 N–H and O–H groups in total. The third kappa shape index (κ3) is 3.85. The lowest BCUT2D eigenvalue weighted by molar-refractivity contribution is -0.105. The molecule has 0 bridgehead atoms. The van der Waals surface area contributed by atoms with Gasteiger partial charge in [-0.1, -0.05) is 0 Å². The van der Waals surface area contributed by atoms with Crippen LogP contribution in [0.1, 0.15) is 29.2 Å². The molecule has 6 nitrogen and oxygen atoms in total. The Morgan fingerprint density at radius 1 is 1.19 bits per heavy atom. The second-order valence-electron chi connectivity index (χ2n) is 5.80. The van der Waals surface area contributed by atoms with Gasteiger partial charge in [0.25, 0.3) is 5.56 Å². The lowest BCUT2D eigenvalue weighted by Crippen LogP contribution is -2.41. The van der Waals surface area contributed by atoms with Crippen molar-refractivity contribution in [3.63, 3.8) is 0 Å². The number of carboxylic acid groups (broad SMARTS) is 1. The van der Waals surface area contributed by atoms with Crippen molar-refractivity contribution in [1.82, 2.24) is 9.13 Å². The van der Waals surface area contributed by atoms with Crippen LogP contribution in [-0.4, -0.2) is 32.1 Å². The Balaban J connectivity index is 2.00. The molecular weight excluding hydrogens is 373 g/mol. The van der Waals surface area contributed by atoms with E-state index in [4.69, 9.17) is 0 Å². The number of aromatic nitrogens is 2. The summed E-state index contributed by atoms with van der Waals surface area (Å²) in [6.07, 6.45) is -2.11. The maximum absolute atomic E-state index is 12.6. The highest BCUT2D eigenvalue weighted by Crippen LogP contribution is 2.32. The highest BCUT2D eigenvalue weighted by Gasteiger charge is 2.30. The molecule has 0 unspecified atom stereocenters. The monoisotopic (exact) mass is 386 g/mol. The topological polar surface area (TPSA) is 81.3 Å². The second-order valence-corrected chi connectivity index (χ2v) is 6.85. The number of carboxylic acids is 1. The van der Waals surface area contributed by atoms with Crippen LogP contribution in [0.2, 0.25) is 0 Å². The predicted molar refractivity (Wildman–Crippen MR) is 88.3 cm³/mol. The predicted octanol–water partition coefficient (Wildman–Crippen LogP) is 2.69. The fraction of sp³-hybridized carbons (Fsp3) is 0.312. The third-order valence-electron chi connectivity index (χ3n) is 3.78. The van der Waals surface area contributed by atoms with E-state index in [1.165, 1.54) is 24.3 Å². The SMILES string of the molecule is O=C(O)c1cn(-c2ccc(SCC(F)(F)F)cc2)c(=O)n(C2CC2)c1=O. The van der Waals surface area contributed by atoms with Crippen LogP contribution in [0.25, 0.3) is 5.69 Å². The molecular formula is C16H13F3N2O4S. The molecule has 0 atom stereocenters. The Bertz CT molecular complexity index is 959. The molecule has 1 aromatic carbocycles. The summed E-state index contributed by atoms with van der Waals surface area (Å²) >= 11 is 0.602. The molecule has 0 saturated heterocycles. The van der Waals surface area contributed by atoms with Gasteiger partial charge in [0, 0.05) is 17.1 Å². The summed E-state index contributed by atoms with van der Waals surface area (Å²) in [5.74, 6) is -2.49. The second kappa shape index (κ2) is 6.67. The van der Waals surface area contributed by atoms with Crippen LogP contribution in [0.5, 0.6) is 0 Å². The molecule has 26 heavy (non-hydrogen) atoms. The summed E-state index contributed by atoms with van der Waals surface area (Å²) in [5, 5.41) is 9.21. The van der Waals surface area contributed by atoms with Crippen LogP contribution >= 0.6 is 11.8 Å². The van der Waals surface area contributed by atoms with Crippen molar-refractivity contribution in [2.75, 3.05) is 5.75 Å². The Labute approximate surface area is 148 Å². The van der Waals surface area contributed by atoms with Gasteiger partial charge >= 0.3 is 17.8 Å². The van der Waals surface area contributed by atoms with E-state index >= 15 is 0 Å². The summed E-state index contributed by atoms with van der Waals surface area (Å²) in [4.78, 5) is 36.4. The van der Waals surface area contributed by atoms with Crippen LogP contribution < -0.4 is 11.2 Å². The fourth-order valence-corrected chi connectivity index (χ4v) is 3.09. The number of thioether (sulfide) groups is 1. The van der Waals surface area contributed by atoms with Crippen LogP contribution in [0.3, 0.4) is 0 Å². The third-order valence-corrected chi connectivity index (χ3v) is 4.86. The van der Waals surface area contributed by atoms with E-state index in [0.29, 0.717) is 29.5 Å². The maximum atomic E-state index is 12.6. The highest BCUT2D eigenvalue weighted by atomic mass is 32.2. The molecule has 0 aliphatic heterocycles. The molecule has 1 heterocycles. The lowest BCUT2D eigenvalue weighted by Gasteiger charge is -2.12. The number of nitrogens with zero attached hydrogens (tertiary/aromatic N) is 2. The number of benzene rings is 1. The molecule has 1 saturated carbocycles. The molecule has 1 aliphatic carbocycles. The van der Waals surface area contributed by atoms with Crippen molar-refractivity contribution in [3.8, 4) is 5.69 Å². The van der Waals surface area contributed by atoms with Gasteiger partial charge in [-0.25, -0.2) is 9.59 Å². The van der Waals surface area contributed by atoms with E-state index in [1.807, 2.05) is 0 Å². The average Bonchev–Trinajstić information content (AvgIpc) is 3.38. The van der Waals surface area contributed by atoms with Crippen LogP contribution in [-0.2, 0) is 0 Å². The molecule has 1 fully saturated rings. The summed E-state index contributed by atoms with van der Waals surface area (Å²) < 4.78 is 38.8. The molecule has 3 rings (SSSR count). The summed E-state index contributed by atoms with van der Waals surface area (Å²) in [7, 11) is 0. The number of aromatic carboxylic acids is 1. The Kier molecular flexibility index (Phi) is 4.70. The Morgan fingerprint density at radius 3 is 2.31 bits per heavy atom. The van der Waals surface area contributed by atoms with Crippen LogP contribution in [0.4, 0.5) is 13.2 Å². The zero-order valence-corrected chi connectivity index (χ0v) is 14.0. The van der Waals surface area contributed by atoms with Gasteiger partial charge in [-0.3, -0.25) is 13.9 Å². The number of rotatable bonds is 5. The van der Waals surface area contributed by atoms with Gasteiger partial charge in [0.05, 0.1) is 11.4 Å². The zero-order valence-electron chi connectivity index (χ0n) is 13.2. The summed E-state index contributed by atoms with van der Waals surface area (Å²) in [6.45, 7) is 0. The number of halogens is 3. The molecule has 0 spiro atoms. The summed E-state index contributed by atoms with van der Waals surface area (Å²) in [5.41, 5.74) is -1.79. The largest absolute Gasteiger partial charge is 0.477 e. The first-order valence-corrected chi connectivity index (χ1v) is 8.57. The van der Waals surface area contributed by atoms with E-state index in [9.17, 15) is 32.7 Å². The zero-order chi connectivity index (χ0) is 19.1. The molecule has 138 valence electrons. The van der Waals surface area contributed by atoms with Crippen molar-refractivity contribution in [2.24, 2.45) is 0 Å². The number of alkyl halides is 3. The van der Waals surface area contributed by atoms with Gasteiger partial charge in [-0.15, -0.1) is 11.8 Å². The van der Waals surface area contributed by atoms with Gasteiger partial charge < -0.3 is 5.11 Å². The molecule has 10 heteroatoms. The quantitative estimate of drug-likeness (QED) is 0.799. The number of hydrogen-bond acceptors (Lipinski definition) is 4. The van der Waals surface area contributed by atoms with Gasteiger partial charge in [-0.2, -0.15) is 13.2 Å². The normalized spacial score (nSPS) is 14.4. The standard InChI is InChI=1S/C16H13F3N2O4S/c17-16(18,19)8-26-11-5-3-9(4-6-11)20-7-12(14(23)24)13(22)21(15(20)25)10-1-2-10/h3-7,10H,1-2,8H2,(H,23,24).